The molecule has 51 heavy (non-hydrogen) atoms. The zero-order chi connectivity index (χ0) is 36.3. The molecule has 2 fully saturated rings. The van der Waals surface area contributed by atoms with Crippen molar-refractivity contribution in [3.63, 3.8) is 0 Å². The van der Waals surface area contributed by atoms with Gasteiger partial charge in [0.1, 0.15) is 29.8 Å². The quantitative estimate of drug-likeness (QED) is 0.215. The van der Waals surface area contributed by atoms with Crippen molar-refractivity contribution in [3.05, 3.63) is 82.9 Å². The van der Waals surface area contributed by atoms with Crippen molar-refractivity contribution in [1.29, 1.82) is 0 Å². The lowest BCUT2D eigenvalue weighted by atomic mass is 9.74. The van der Waals surface area contributed by atoms with Crippen LogP contribution in [0.15, 0.2) is 77.3 Å². The number of aliphatic hydroxyl groups is 1. The molecule has 12 heteroatoms. The number of esters is 1. The molecule has 272 valence electrons. The molecule has 11 nitrogen and oxygen atoms in total. The molecule has 0 aliphatic carbocycles. The van der Waals surface area contributed by atoms with Gasteiger partial charge in [-0.05, 0) is 75.9 Å². The lowest BCUT2D eigenvalue weighted by molar-refractivity contribution is -0.161. The van der Waals surface area contributed by atoms with Gasteiger partial charge in [-0.15, -0.1) is 0 Å². The van der Waals surface area contributed by atoms with Gasteiger partial charge in [-0.3, -0.25) is 19.2 Å². The van der Waals surface area contributed by atoms with Crippen LogP contribution < -0.4 is 15.1 Å². The average Bonchev–Trinajstić information content (AvgIpc) is 3.72. The zero-order valence-corrected chi connectivity index (χ0v) is 31.0. The molecule has 4 aliphatic rings. The Morgan fingerprint density at radius 2 is 1.69 bits per heavy atom. The van der Waals surface area contributed by atoms with Gasteiger partial charge in [-0.25, -0.2) is 0 Å². The Labute approximate surface area is 307 Å². The first-order chi connectivity index (χ1) is 24.6. The van der Waals surface area contributed by atoms with Gasteiger partial charge in [0.2, 0.25) is 11.8 Å². The third kappa shape index (κ3) is 6.97. The molecule has 0 aromatic heterocycles. The van der Waals surface area contributed by atoms with E-state index in [4.69, 9.17) is 9.47 Å². The van der Waals surface area contributed by atoms with Crippen LogP contribution in [-0.2, 0) is 28.7 Å². The Kier molecular flexibility index (Phi) is 11.3. The number of rotatable bonds is 9. The number of cyclic esters (lactones) is 1. The first kappa shape index (κ1) is 36.8. The molecule has 1 spiro atoms. The molecule has 2 aromatic rings. The molecule has 3 amide bonds. The van der Waals surface area contributed by atoms with Crippen molar-refractivity contribution in [3.8, 4) is 0 Å². The van der Waals surface area contributed by atoms with E-state index < -0.39 is 47.7 Å². The second kappa shape index (κ2) is 15.7. The van der Waals surface area contributed by atoms with Crippen molar-refractivity contribution in [2.45, 2.75) is 76.3 Å². The number of hydrogen-bond donors (Lipinski definition) is 2. The topological polar surface area (TPSA) is 129 Å². The fraction of sp³-hybridized carbons (Fsp3) is 0.487. The number of nitrogens with one attached hydrogen (secondary N) is 1. The number of amides is 3. The largest absolute Gasteiger partial charge is 0.455 e. The number of allylic oxidation sites excluding steroid dienone is 1. The number of likely N-dealkylation sites (tertiary alicyclic amines) is 1. The molecule has 4 heterocycles. The number of carbonyl (C=O) groups excluding carboxylic acids is 4. The number of hydrogen-bond acceptors (Lipinski definition) is 8. The van der Waals surface area contributed by atoms with Gasteiger partial charge in [0.15, 0.2) is 0 Å². The Balaban J connectivity index is 1.44. The van der Waals surface area contributed by atoms with Crippen molar-refractivity contribution in [2.75, 3.05) is 42.6 Å². The van der Waals surface area contributed by atoms with Crippen LogP contribution in [0.3, 0.4) is 0 Å². The number of halogens is 1. The van der Waals surface area contributed by atoms with E-state index in [0.29, 0.717) is 35.0 Å². The van der Waals surface area contributed by atoms with Crippen molar-refractivity contribution in [2.24, 2.45) is 11.8 Å². The van der Waals surface area contributed by atoms with E-state index in [1.54, 1.807) is 22.8 Å². The fourth-order valence-corrected chi connectivity index (χ4v) is 8.76. The molecule has 7 atom stereocenters. The molecule has 5 bridgehead atoms. The third-order valence-electron chi connectivity index (χ3n) is 10.5. The Morgan fingerprint density at radius 3 is 2.37 bits per heavy atom. The van der Waals surface area contributed by atoms with Gasteiger partial charge in [-0.2, -0.15) is 0 Å². The minimum absolute atomic E-state index is 0.0560. The van der Waals surface area contributed by atoms with Crippen LogP contribution in [-0.4, -0.2) is 90.3 Å². The predicted molar refractivity (Wildman–Crippen MR) is 197 cm³/mol. The predicted octanol–water partition coefficient (Wildman–Crippen LogP) is 4.65. The first-order valence-electron chi connectivity index (χ1n) is 18.0. The van der Waals surface area contributed by atoms with E-state index in [9.17, 15) is 19.5 Å². The highest BCUT2D eigenvalue weighted by atomic mass is 79.9. The van der Waals surface area contributed by atoms with Gasteiger partial charge in [-0.1, -0.05) is 58.4 Å². The average molecular weight is 764 g/mol. The summed E-state index contributed by atoms with van der Waals surface area (Å²) in [7, 11) is 0. The van der Waals surface area contributed by atoms with Crippen LogP contribution in [0.1, 0.15) is 58.1 Å². The molecule has 0 radical (unpaired) electrons. The zero-order valence-electron chi connectivity index (χ0n) is 29.4. The summed E-state index contributed by atoms with van der Waals surface area (Å²) in [5.74, 6) is -3.61. The molecule has 2 aromatic carbocycles. The van der Waals surface area contributed by atoms with Crippen LogP contribution in [0.5, 0.6) is 0 Å². The maximum atomic E-state index is 15.1. The number of anilines is 2. The molecule has 6 rings (SSSR count). The molecule has 2 N–H and O–H groups in total. The molecule has 0 saturated carbocycles. The van der Waals surface area contributed by atoms with Gasteiger partial charge < -0.3 is 34.6 Å². The summed E-state index contributed by atoms with van der Waals surface area (Å²) in [6.07, 6.45) is 5.42. The summed E-state index contributed by atoms with van der Waals surface area (Å²) in [4.78, 5) is 62.6. The highest BCUT2D eigenvalue weighted by Gasteiger charge is 2.75. The van der Waals surface area contributed by atoms with E-state index in [-0.39, 0.29) is 43.8 Å². The van der Waals surface area contributed by atoms with Crippen molar-refractivity contribution < 1.29 is 33.8 Å². The first-order valence-corrected chi connectivity index (χ1v) is 18.8. The normalized spacial score (nSPS) is 30.2. The number of unbranched alkanes of at least 4 members (excludes halogenated alkanes) is 1. The fourth-order valence-electron chi connectivity index (χ4n) is 8.02. The maximum Gasteiger partial charge on any atom is 0.313 e. The van der Waals surface area contributed by atoms with E-state index in [0.717, 1.165) is 18.8 Å². The standard InChI is InChI=1S/C39H47BrN4O7/c1-4-42(5-2)27-17-19-28(20-18-27)43-21-11-7-10-16-30(46)41-25(3)33(26-14-8-6-9-15-26)50-38(49)31-32-36(47)44(22-12-13-23-45)35(37(43)48)39(32)24-29(40)34(31)51-39/h6-9,11,14-15,17-20,24-25,31-35,45H,4-5,10,12-13,16,21-23H2,1-3H3,(H,41,46)/b11-7-/t25-,31+,32-,33+,34+,35+,39-/m0/s1. The number of carbonyl (C=O) groups is 4. The Morgan fingerprint density at radius 1 is 0.961 bits per heavy atom. The highest BCUT2D eigenvalue weighted by Crippen LogP contribution is 2.59. The second-order valence-electron chi connectivity index (χ2n) is 13.6. The van der Waals surface area contributed by atoms with E-state index in [2.05, 4.69) is 40.0 Å². The lowest BCUT2D eigenvalue weighted by Crippen LogP contribution is -2.56. The number of benzene rings is 2. The lowest BCUT2D eigenvalue weighted by Gasteiger charge is -2.36. The molecular weight excluding hydrogens is 716 g/mol. The number of fused-ring (bicyclic) bond motifs is 2. The summed E-state index contributed by atoms with van der Waals surface area (Å²) in [5.41, 5.74) is 0.936. The van der Waals surface area contributed by atoms with Crippen LogP contribution in [0, 0.1) is 11.8 Å². The van der Waals surface area contributed by atoms with Crippen molar-refractivity contribution >= 4 is 51.0 Å². The van der Waals surface area contributed by atoms with E-state index in [1.165, 1.54) is 0 Å². The molecule has 0 unspecified atom stereocenters. The van der Waals surface area contributed by atoms with Gasteiger partial charge in [0.25, 0.3) is 5.91 Å². The number of nitrogens with zero attached hydrogens (tertiary/aromatic N) is 3. The van der Waals surface area contributed by atoms with E-state index in [1.807, 2.05) is 66.7 Å². The molecule has 4 aliphatic heterocycles. The van der Waals surface area contributed by atoms with Gasteiger partial charge in [0.05, 0.1) is 12.0 Å². The molecular formula is C39H47BrN4O7. The van der Waals surface area contributed by atoms with Crippen LogP contribution in [0.4, 0.5) is 11.4 Å². The Bertz CT molecular complexity index is 1660. The van der Waals surface area contributed by atoms with Gasteiger partial charge >= 0.3 is 5.97 Å². The second-order valence-corrected chi connectivity index (χ2v) is 14.5. The highest BCUT2D eigenvalue weighted by molar-refractivity contribution is 9.11. The van der Waals surface area contributed by atoms with Crippen LogP contribution in [0.25, 0.3) is 0 Å². The molecule has 2 saturated heterocycles. The van der Waals surface area contributed by atoms with Crippen LogP contribution in [0.2, 0.25) is 0 Å². The van der Waals surface area contributed by atoms with Crippen molar-refractivity contribution in [1.82, 2.24) is 10.2 Å². The monoisotopic (exact) mass is 762 g/mol. The smallest absolute Gasteiger partial charge is 0.313 e. The third-order valence-corrected chi connectivity index (χ3v) is 11.2. The Hall–Kier alpha value is -4.00. The maximum absolute atomic E-state index is 15.1. The number of ether oxygens (including phenoxy) is 2. The summed E-state index contributed by atoms with van der Waals surface area (Å²) < 4.78 is 13.5. The van der Waals surface area contributed by atoms with Gasteiger partial charge in [0, 0.05) is 55.1 Å². The summed E-state index contributed by atoms with van der Waals surface area (Å²) in [6, 6.07) is 15.3. The minimum Gasteiger partial charge on any atom is -0.455 e. The number of aliphatic hydroxyl groups excluding tert-OH is 1. The van der Waals surface area contributed by atoms with Crippen LogP contribution >= 0.6 is 15.9 Å². The summed E-state index contributed by atoms with van der Waals surface area (Å²) in [5, 5.41) is 12.6. The summed E-state index contributed by atoms with van der Waals surface area (Å²) in [6.45, 7) is 7.97. The summed E-state index contributed by atoms with van der Waals surface area (Å²) >= 11 is 3.62. The SMILES string of the molecule is CCN(CC)c1ccc(N2C/C=C\CCC(=O)N[C@@H](C)[C@H](c3ccccc3)OC(=O)[C@H]3[C@@H]4O[C@@]5(C=C4Br)[C@@H]3C(=O)N(CCCCO)[C@@H]5C2=O)cc1. The minimum atomic E-state index is -1.43. The van der Waals surface area contributed by atoms with E-state index >= 15 is 4.79 Å².